The number of esters is 1. The minimum atomic E-state index is -0.417. The van der Waals surface area contributed by atoms with Gasteiger partial charge in [-0.25, -0.2) is 4.79 Å². The molecule has 0 spiro atoms. The predicted molar refractivity (Wildman–Crippen MR) is 128 cm³/mol. The number of methoxy groups -OCH3 is 1. The van der Waals surface area contributed by atoms with E-state index in [-0.39, 0.29) is 12.5 Å². The first kappa shape index (κ1) is 21.8. The van der Waals surface area contributed by atoms with Gasteiger partial charge in [-0.1, -0.05) is 48.5 Å². The van der Waals surface area contributed by atoms with Crippen LogP contribution in [0.2, 0.25) is 0 Å². The van der Waals surface area contributed by atoms with Crippen LogP contribution in [0.25, 0.3) is 16.8 Å². The first-order chi connectivity index (χ1) is 16.1. The van der Waals surface area contributed by atoms with E-state index in [9.17, 15) is 9.59 Å². The SMILES string of the molecule is COC(=O)c1ccc(C=C(COc2cccc3ccccc23)C(=O)Nc2cccnc2)cc1. The van der Waals surface area contributed by atoms with Crippen molar-refractivity contribution in [3.8, 4) is 5.75 Å². The molecular formula is C27H22N2O4. The first-order valence-corrected chi connectivity index (χ1v) is 10.3. The van der Waals surface area contributed by atoms with Crippen LogP contribution < -0.4 is 10.1 Å². The Morgan fingerprint density at radius 1 is 0.939 bits per heavy atom. The van der Waals surface area contributed by atoms with Gasteiger partial charge in [0.15, 0.2) is 0 Å². The van der Waals surface area contributed by atoms with E-state index < -0.39 is 5.97 Å². The number of benzene rings is 3. The molecule has 0 aliphatic rings. The quantitative estimate of drug-likeness (QED) is 0.320. The van der Waals surface area contributed by atoms with Gasteiger partial charge in [-0.3, -0.25) is 9.78 Å². The molecule has 0 aliphatic heterocycles. The van der Waals surface area contributed by atoms with E-state index in [1.165, 1.54) is 7.11 Å². The van der Waals surface area contributed by atoms with E-state index in [4.69, 9.17) is 9.47 Å². The summed E-state index contributed by atoms with van der Waals surface area (Å²) in [5.74, 6) is -0.0335. The summed E-state index contributed by atoms with van der Waals surface area (Å²) in [4.78, 5) is 28.8. The van der Waals surface area contributed by atoms with E-state index in [1.807, 2.05) is 42.5 Å². The number of hydrogen-bond donors (Lipinski definition) is 1. The molecule has 0 saturated heterocycles. The number of nitrogens with zero attached hydrogens (tertiary/aromatic N) is 1. The van der Waals surface area contributed by atoms with E-state index in [2.05, 4.69) is 10.3 Å². The summed E-state index contributed by atoms with van der Waals surface area (Å²) >= 11 is 0. The van der Waals surface area contributed by atoms with Crippen LogP contribution in [-0.4, -0.2) is 30.6 Å². The molecule has 0 aliphatic carbocycles. The summed E-state index contributed by atoms with van der Waals surface area (Å²) in [6.07, 6.45) is 4.95. The number of amides is 1. The number of fused-ring (bicyclic) bond motifs is 1. The maximum atomic E-state index is 13.1. The van der Waals surface area contributed by atoms with Crippen molar-refractivity contribution in [2.24, 2.45) is 0 Å². The number of nitrogens with one attached hydrogen (secondary N) is 1. The van der Waals surface area contributed by atoms with Crippen LogP contribution in [-0.2, 0) is 9.53 Å². The Balaban J connectivity index is 1.61. The number of carbonyl (C=O) groups excluding carboxylic acids is 2. The first-order valence-electron chi connectivity index (χ1n) is 10.3. The number of anilines is 1. The molecule has 6 heteroatoms. The summed E-state index contributed by atoms with van der Waals surface area (Å²) in [5, 5.41) is 4.87. The maximum absolute atomic E-state index is 13.1. The molecule has 1 amide bonds. The molecule has 1 N–H and O–H groups in total. The Morgan fingerprint density at radius 3 is 2.48 bits per heavy atom. The van der Waals surface area contributed by atoms with Crippen molar-refractivity contribution in [1.82, 2.24) is 4.98 Å². The van der Waals surface area contributed by atoms with Crippen molar-refractivity contribution in [3.05, 3.63) is 108 Å². The van der Waals surface area contributed by atoms with Crippen LogP contribution in [0.15, 0.2) is 96.8 Å². The van der Waals surface area contributed by atoms with Crippen molar-refractivity contribution in [1.29, 1.82) is 0 Å². The standard InChI is InChI=1S/C27H22N2O4/c1-32-27(31)21-13-11-19(12-14-21)16-22(26(30)29-23-8-5-15-28-17-23)18-33-25-10-4-7-20-6-2-3-9-24(20)25/h2-17H,18H2,1H3,(H,29,30). The molecule has 0 saturated carbocycles. The topological polar surface area (TPSA) is 77.5 Å². The molecule has 0 unspecified atom stereocenters. The lowest BCUT2D eigenvalue weighted by Gasteiger charge is -2.13. The smallest absolute Gasteiger partial charge is 0.337 e. The maximum Gasteiger partial charge on any atom is 0.337 e. The van der Waals surface area contributed by atoms with Crippen LogP contribution in [0, 0.1) is 0 Å². The second-order valence-electron chi connectivity index (χ2n) is 7.24. The molecule has 0 radical (unpaired) electrons. The van der Waals surface area contributed by atoms with E-state index in [0.29, 0.717) is 22.6 Å². The molecule has 1 aromatic heterocycles. The lowest BCUT2D eigenvalue weighted by Crippen LogP contribution is -2.19. The van der Waals surface area contributed by atoms with E-state index >= 15 is 0 Å². The zero-order chi connectivity index (χ0) is 23.0. The van der Waals surface area contributed by atoms with Crippen LogP contribution in [0.3, 0.4) is 0 Å². The van der Waals surface area contributed by atoms with Crippen molar-refractivity contribution in [3.63, 3.8) is 0 Å². The molecule has 1 heterocycles. The molecule has 6 nitrogen and oxygen atoms in total. The summed E-state index contributed by atoms with van der Waals surface area (Å²) in [6, 6.07) is 24.0. The second kappa shape index (κ2) is 10.2. The highest BCUT2D eigenvalue weighted by Gasteiger charge is 2.13. The fourth-order valence-corrected chi connectivity index (χ4v) is 3.33. The number of rotatable bonds is 7. The third-order valence-corrected chi connectivity index (χ3v) is 5.02. The molecular weight excluding hydrogens is 416 g/mol. The van der Waals surface area contributed by atoms with Crippen molar-refractivity contribution >= 4 is 34.4 Å². The van der Waals surface area contributed by atoms with Gasteiger partial charge in [0, 0.05) is 11.6 Å². The third kappa shape index (κ3) is 5.43. The molecule has 164 valence electrons. The van der Waals surface area contributed by atoms with Crippen molar-refractivity contribution in [2.75, 3.05) is 19.0 Å². The summed E-state index contributed by atoms with van der Waals surface area (Å²) in [6.45, 7) is 0.0544. The van der Waals surface area contributed by atoms with Crippen molar-refractivity contribution in [2.45, 2.75) is 0 Å². The second-order valence-corrected chi connectivity index (χ2v) is 7.24. The van der Waals surface area contributed by atoms with Gasteiger partial charge >= 0.3 is 5.97 Å². The molecule has 0 fully saturated rings. The summed E-state index contributed by atoms with van der Waals surface area (Å²) in [5.41, 5.74) is 2.18. The average Bonchev–Trinajstić information content (AvgIpc) is 2.87. The van der Waals surface area contributed by atoms with Gasteiger partial charge in [-0.05, 0) is 47.4 Å². The molecule has 33 heavy (non-hydrogen) atoms. The molecule has 0 atom stereocenters. The highest BCUT2D eigenvalue weighted by Crippen LogP contribution is 2.26. The van der Waals surface area contributed by atoms with Gasteiger partial charge in [-0.15, -0.1) is 0 Å². The van der Waals surface area contributed by atoms with Gasteiger partial charge in [0.25, 0.3) is 5.91 Å². The summed E-state index contributed by atoms with van der Waals surface area (Å²) < 4.78 is 10.8. The lowest BCUT2D eigenvalue weighted by molar-refractivity contribution is -0.113. The monoisotopic (exact) mass is 438 g/mol. The summed E-state index contributed by atoms with van der Waals surface area (Å²) in [7, 11) is 1.33. The molecule has 4 rings (SSSR count). The Bertz CT molecular complexity index is 1290. The van der Waals surface area contributed by atoms with E-state index in [1.54, 1.807) is 54.9 Å². The fraction of sp³-hybridized carbons (Fsp3) is 0.0741. The van der Waals surface area contributed by atoms with Crippen LogP contribution in [0.1, 0.15) is 15.9 Å². The van der Waals surface area contributed by atoms with Crippen LogP contribution in [0.4, 0.5) is 5.69 Å². The third-order valence-electron chi connectivity index (χ3n) is 5.02. The number of pyridine rings is 1. The van der Waals surface area contributed by atoms with Gasteiger partial charge in [0.2, 0.25) is 0 Å². The Labute approximate surface area is 191 Å². The number of ether oxygens (including phenoxy) is 2. The minimum absolute atomic E-state index is 0.0544. The zero-order valence-corrected chi connectivity index (χ0v) is 18.0. The Morgan fingerprint density at radius 2 is 1.73 bits per heavy atom. The van der Waals surface area contributed by atoms with Crippen LogP contribution in [0.5, 0.6) is 5.75 Å². The van der Waals surface area contributed by atoms with E-state index in [0.717, 1.165) is 16.3 Å². The predicted octanol–water partition coefficient (Wildman–Crippen LogP) is 5.12. The fourth-order valence-electron chi connectivity index (χ4n) is 3.33. The Kier molecular flexibility index (Phi) is 6.75. The molecule has 3 aromatic carbocycles. The largest absolute Gasteiger partial charge is 0.488 e. The molecule has 4 aromatic rings. The Hall–Kier alpha value is -4.45. The number of carbonyl (C=O) groups is 2. The number of hydrogen-bond acceptors (Lipinski definition) is 5. The van der Waals surface area contributed by atoms with Gasteiger partial charge in [0.1, 0.15) is 12.4 Å². The average molecular weight is 438 g/mol. The normalized spacial score (nSPS) is 11.1. The highest BCUT2D eigenvalue weighted by atomic mass is 16.5. The lowest BCUT2D eigenvalue weighted by atomic mass is 10.1. The van der Waals surface area contributed by atoms with Gasteiger partial charge in [0.05, 0.1) is 30.1 Å². The van der Waals surface area contributed by atoms with Gasteiger partial charge in [-0.2, -0.15) is 0 Å². The van der Waals surface area contributed by atoms with Crippen molar-refractivity contribution < 1.29 is 19.1 Å². The number of aromatic nitrogens is 1. The highest BCUT2D eigenvalue weighted by molar-refractivity contribution is 6.07. The van der Waals surface area contributed by atoms with Gasteiger partial charge < -0.3 is 14.8 Å². The molecule has 0 bridgehead atoms. The zero-order valence-electron chi connectivity index (χ0n) is 18.0. The van der Waals surface area contributed by atoms with Crippen LogP contribution >= 0.6 is 0 Å². The minimum Gasteiger partial charge on any atom is -0.488 e.